The molecule has 2 aromatic heterocycles. The quantitative estimate of drug-likeness (QED) is 0.0274. The fraction of sp³-hybridized carbons (Fsp3) is 0.448. The number of aryl methyl sites for hydroxylation is 3. The average Bonchev–Trinajstić information content (AvgIpc) is 4.27. The Kier molecular flexibility index (Phi) is 22.0. The molecule has 0 unspecified atom stereocenters. The lowest BCUT2D eigenvalue weighted by molar-refractivity contribution is -0.137. The number of Topliss-reactive ketones (excluding diaryl/α,β-unsaturated/α-hetero) is 2. The van der Waals surface area contributed by atoms with E-state index in [0.29, 0.717) is 92.7 Å². The molecule has 0 spiro atoms. The number of alkyl carbamates (subject to hydrolysis) is 1. The molecule has 0 aliphatic carbocycles. The van der Waals surface area contributed by atoms with Crippen molar-refractivity contribution in [2.24, 2.45) is 19.1 Å². The summed E-state index contributed by atoms with van der Waals surface area (Å²) in [6.45, 7) is 5.17. The largest absolute Gasteiger partial charge is 0.493 e. The second kappa shape index (κ2) is 29.7. The van der Waals surface area contributed by atoms with Crippen molar-refractivity contribution in [3.63, 3.8) is 0 Å². The number of hydrogen-bond donors (Lipinski definition) is 4. The maximum atomic E-state index is 13.4. The van der Waals surface area contributed by atoms with Gasteiger partial charge in [0.05, 0.1) is 61.7 Å². The summed E-state index contributed by atoms with van der Waals surface area (Å²) in [6.07, 6.45) is 11.8. The van der Waals surface area contributed by atoms with Gasteiger partial charge in [0.15, 0.2) is 5.78 Å². The third kappa shape index (κ3) is 17.4. The number of imide groups is 1. The van der Waals surface area contributed by atoms with Gasteiger partial charge < -0.3 is 54.2 Å². The molecule has 7 amide bonds. The van der Waals surface area contributed by atoms with Crippen molar-refractivity contribution >= 4 is 70.7 Å². The van der Waals surface area contributed by atoms with Gasteiger partial charge in [-0.25, -0.2) is 4.79 Å². The first-order chi connectivity index (χ1) is 38.6. The summed E-state index contributed by atoms with van der Waals surface area (Å²) in [7, 11) is 3.53. The molecule has 4 aromatic rings. The second-order valence-electron chi connectivity index (χ2n) is 19.8. The van der Waals surface area contributed by atoms with Crippen LogP contribution in [0.1, 0.15) is 107 Å². The van der Waals surface area contributed by atoms with Crippen molar-refractivity contribution < 1.29 is 62.1 Å². The summed E-state index contributed by atoms with van der Waals surface area (Å²) in [6, 6.07) is 14.6. The first-order valence-corrected chi connectivity index (χ1v) is 27.2. The van der Waals surface area contributed by atoms with Crippen LogP contribution < -0.4 is 26.0 Å². The molecule has 0 saturated carbocycles. The van der Waals surface area contributed by atoms with Gasteiger partial charge in [-0.2, -0.15) is 0 Å². The minimum absolute atomic E-state index is 0.00681. The fourth-order valence-electron chi connectivity index (χ4n) is 9.27. The van der Waals surface area contributed by atoms with Crippen LogP contribution in [-0.4, -0.2) is 157 Å². The van der Waals surface area contributed by atoms with Crippen LogP contribution in [0.25, 0.3) is 11.1 Å². The SMILES string of the molecule is Cc1cc2c(cc1OCCCC(=O)Nc1cc(C(=O)Cc3ccc(-c4cc(C(=O)NCCCOC(=O)NCCCNC(=O)CCOCCOCCCC(=O)CCN5C(=O)C=CC5=O)n(C)c4)cc3)n(C)c1)N=C[C@@H]1CCCN1C2=O. The van der Waals surface area contributed by atoms with Crippen molar-refractivity contribution in [1.29, 1.82) is 0 Å². The number of hydrogen-bond acceptors (Lipinski definition) is 14. The highest BCUT2D eigenvalue weighted by Gasteiger charge is 2.32. The zero-order valence-electron chi connectivity index (χ0n) is 45.7. The van der Waals surface area contributed by atoms with Crippen LogP contribution in [0.5, 0.6) is 5.75 Å². The summed E-state index contributed by atoms with van der Waals surface area (Å²) >= 11 is 0. The molecule has 4 N–H and O–H groups in total. The zero-order valence-corrected chi connectivity index (χ0v) is 45.7. The third-order valence-electron chi connectivity index (χ3n) is 13.6. The third-order valence-corrected chi connectivity index (χ3v) is 13.6. The Morgan fingerprint density at radius 2 is 1.41 bits per heavy atom. The second-order valence-corrected chi connectivity index (χ2v) is 19.8. The van der Waals surface area contributed by atoms with E-state index in [0.717, 1.165) is 46.5 Å². The highest BCUT2D eigenvalue weighted by Crippen LogP contribution is 2.34. The lowest BCUT2D eigenvalue weighted by Gasteiger charge is -2.20. The topological polar surface area (TPSA) is 267 Å². The number of ketones is 2. The summed E-state index contributed by atoms with van der Waals surface area (Å²) in [5.41, 5.74) is 5.89. The monoisotopic (exact) mass is 1100 g/mol. The molecule has 1 saturated heterocycles. The Morgan fingerprint density at radius 3 is 2.20 bits per heavy atom. The van der Waals surface area contributed by atoms with Crippen LogP contribution >= 0.6 is 0 Å². The summed E-state index contributed by atoms with van der Waals surface area (Å²) in [5.74, 6) is -1.05. The molecule has 22 nitrogen and oxygen atoms in total. The average molecular weight is 1100 g/mol. The normalized spacial score (nSPS) is 14.4. The van der Waals surface area contributed by atoms with Gasteiger partial charge in [-0.3, -0.25) is 48.2 Å². The Balaban J connectivity index is 0.696. The van der Waals surface area contributed by atoms with Gasteiger partial charge in [0.1, 0.15) is 17.2 Å². The van der Waals surface area contributed by atoms with Crippen LogP contribution in [0.4, 0.5) is 16.2 Å². The molecule has 0 radical (unpaired) electrons. The molecule has 22 heteroatoms. The maximum Gasteiger partial charge on any atom is 0.407 e. The Morgan fingerprint density at radius 1 is 0.688 bits per heavy atom. The maximum absolute atomic E-state index is 13.4. The van der Waals surface area contributed by atoms with E-state index in [1.807, 2.05) is 54.6 Å². The lowest BCUT2D eigenvalue weighted by Crippen LogP contribution is -2.35. The van der Waals surface area contributed by atoms with E-state index in [1.54, 1.807) is 47.6 Å². The first-order valence-electron chi connectivity index (χ1n) is 27.2. The number of rotatable bonds is 32. The van der Waals surface area contributed by atoms with Gasteiger partial charge in [0, 0.05) is 128 Å². The van der Waals surface area contributed by atoms with Crippen molar-refractivity contribution in [3.8, 4) is 16.9 Å². The predicted molar refractivity (Wildman–Crippen MR) is 296 cm³/mol. The fourth-order valence-corrected chi connectivity index (χ4v) is 9.27. The molecule has 0 bridgehead atoms. The minimum Gasteiger partial charge on any atom is -0.493 e. The van der Waals surface area contributed by atoms with Crippen molar-refractivity contribution in [2.45, 2.75) is 83.6 Å². The number of amides is 7. The molecular formula is C58H71N9O13. The van der Waals surface area contributed by atoms with Gasteiger partial charge in [-0.05, 0) is 80.3 Å². The summed E-state index contributed by atoms with van der Waals surface area (Å²) in [4.78, 5) is 119. The number of benzene rings is 2. The van der Waals surface area contributed by atoms with Crippen LogP contribution in [0.15, 0.2) is 78.1 Å². The number of ether oxygens (including phenoxy) is 4. The molecular weight excluding hydrogens is 1030 g/mol. The van der Waals surface area contributed by atoms with Crippen molar-refractivity contribution in [2.75, 3.05) is 77.7 Å². The number of carbonyl (C=O) groups is 9. The first kappa shape index (κ1) is 59.4. The number of nitrogens with one attached hydrogen (secondary N) is 4. The van der Waals surface area contributed by atoms with Gasteiger partial charge in [0.2, 0.25) is 11.8 Å². The molecule has 1 atom stereocenters. The Bertz CT molecular complexity index is 2940. The number of aliphatic imine (C=N–C) groups is 1. The van der Waals surface area contributed by atoms with Crippen LogP contribution in [0.3, 0.4) is 0 Å². The molecule has 2 aromatic carbocycles. The highest BCUT2D eigenvalue weighted by molar-refractivity contribution is 6.13. The number of anilines is 1. The summed E-state index contributed by atoms with van der Waals surface area (Å²) < 4.78 is 25.5. The summed E-state index contributed by atoms with van der Waals surface area (Å²) in [5, 5.41) is 11.1. The molecule has 80 heavy (non-hydrogen) atoms. The Hall–Kier alpha value is -8.24. The van der Waals surface area contributed by atoms with Gasteiger partial charge in [-0.1, -0.05) is 24.3 Å². The highest BCUT2D eigenvalue weighted by atomic mass is 16.5. The number of nitrogens with zero attached hydrogens (tertiary/aromatic N) is 5. The number of aromatic nitrogens is 2. The number of carbonyl (C=O) groups excluding carboxylic acids is 9. The van der Waals surface area contributed by atoms with E-state index >= 15 is 0 Å². The standard InChI is InChI=1S/C58H71N9O13/c1-39-31-46-47(62-36-44-9-4-23-66(44)57(46)75)35-51(39)79-26-6-11-53(71)63-43-34-48(65(3)38-43)50(69)32-40-12-14-41(15-13-40)42-33-49(64(2)37-42)56(74)60-22-8-27-80-58(76)61-21-7-20-59-52(70)19-28-78-30-29-77-25-5-10-45(68)18-24-67-54(72)16-17-55(67)73/h12-17,31,33-38,44H,4-11,18-30,32H2,1-3H3,(H,59,70)(H,60,74)(H,61,76)(H,63,71)/t44-/m0/s1. The van der Waals surface area contributed by atoms with Gasteiger partial charge in [0.25, 0.3) is 23.6 Å². The van der Waals surface area contributed by atoms with E-state index in [2.05, 4.69) is 26.3 Å². The molecule has 3 aliphatic rings. The molecule has 426 valence electrons. The predicted octanol–water partition coefficient (Wildman–Crippen LogP) is 5.32. The minimum atomic E-state index is -0.603. The van der Waals surface area contributed by atoms with Crippen molar-refractivity contribution in [1.82, 2.24) is 34.9 Å². The van der Waals surface area contributed by atoms with E-state index in [1.165, 1.54) is 12.2 Å². The van der Waals surface area contributed by atoms with Crippen LogP contribution in [0.2, 0.25) is 0 Å². The van der Waals surface area contributed by atoms with Crippen molar-refractivity contribution in [3.05, 3.63) is 101 Å². The Labute approximate surface area is 464 Å². The molecule has 1 fully saturated rings. The molecule has 3 aliphatic heterocycles. The number of fused-ring (bicyclic) bond motifs is 2. The van der Waals surface area contributed by atoms with Crippen LogP contribution in [-0.2, 0) is 58.7 Å². The molecule has 5 heterocycles. The van der Waals surface area contributed by atoms with E-state index in [-0.39, 0.29) is 106 Å². The molecule has 7 rings (SSSR count). The van der Waals surface area contributed by atoms with Gasteiger partial charge >= 0.3 is 6.09 Å². The van der Waals surface area contributed by atoms with Gasteiger partial charge in [-0.15, -0.1) is 0 Å². The smallest absolute Gasteiger partial charge is 0.407 e. The van der Waals surface area contributed by atoms with Crippen LogP contribution in [0, 0.1) is 6.92 Å². The zero-order chi connectivity index (χ0) is 57.0. The lowest BCUT2D eigenvalue weighted by atomic mass is 10.0. The van der Waals surface area contributed by atoms with E-state index < -0.39 is 17.9 Å². The van der Waals surface area contributed by atoms with E-state index in [4.69, 9.17) is 18.9 Å². The van der Waals surface area contributed by atoms with E-state index in [9.17, 15) is 43.2 Å².